The lowest BCUT2D eigenvalue weighted by molar-refractivity contribution is 1.00. The van der Waals surface area contributed by atoms with Gasteiger partial charge in [0.15, 0.2) is 0 Å². The summed E-state index contributed by atoms with van der Waals surface area (Å²) in [6.45, 7) is 10.1. The molecule has 0 saturated carbocycles. The van der Waals surface area contributed by atoms with E-state index in [9.17, 15) is 0 Å². The molecule has 0 aliphatic carbocycles. The molecule has 9 heavy (non-hydrogen) atoms. The summed E-state index contributed by atoms with van der Waals surface area (Å²) in [5, 5.41) is 0. The van der Waals surface area contributed by atoms with E-state index in [-0.39, 0.29) is 0 Å². The van der Waals surface area contributed by atoms with Crippen molar-refractivity contribution in [2.24, 2.45) is 0 Å². The molecule has 0 atom stereocenters. The van der Waals surface area contributed by atoms with Crippen molar-refractivity contribution in [3.8, 4) is 0 Å². The zero-order valence-corrected chi connectivity index (χ0v) is 6.57. The largest absolute Gasteiger partial charge is 0.0992 e. The fourth-order valence-electron chi connectivity index (χ4n) is 0.763. The van der Waals surface area contributed by atoms with Gasteiger partial charge in [0.1, 0.15) is 0 Å². The SMILES string of the molecule is C=C(C)[C](C=CC)CC. The predicted molar refractivity (Wildman–Crippen MR) is 43.2 cm³/mol. The molecule has 0 bridgehead atoms. The Morgan fingerprint density at radius 3 is 2.22 bits per heavy atom. The quantitative estimate of drug-likeness (QED) is 0.541. The van der Waals surface area contributed by atoms with Gasteiger partial charge in [-0.2, -0.15) is 0 Å². The zero-order chi connectivity index (χ0) is 7.28. The van der Waals surface area contributed by atoms with Crippen LogP contribution in [0.1, 0.15) is 27.2 Å². The predicted octanol–water partition coefficient (Wildman–Crippen LogP) is 3.12. The third-order valence-corrected chi connectivity index (χ3v) is 1.30. The molecule has 0 heteroatoms. The summed E-state index contributed by atoms with van der Waals surface area (Å²) < 4.78 is 0. The Bertz CT molecular complexity index is 109. The average Bonchev–Trinajstić information content (AvgIpc) is 1.82. The van der Waals surface area contributed by atoms with Gasteiger partial charge in [-0.05, 0) is 20.3 Å². The van der Waals surface area contributed by atoms with E-state index in [1.807, 2.05) is 19.9 Å². The Labute approximate surface area is 58.3 Å². The second kappa shape index (κ2) is 4.37. The van der Waals surface area contributed by atoms with Gasteiger partial charge in [0.25, 0.3) is 0 Å². The Hall–Kier alpha value is -0.520. The van der Waals surface area contributed by atoms with E-state index in [2.05, 4.69) is 19.6 Å². The number of hydrogen-bond donors (Lipinski definition) is 0. The Kier molecular flexibility index (Phi) is 4.12. The van der Waals surface area contributed by atoms with Gasteiger partial charge in [0.2, 0.25) is 0 Å². The first-order valence-electron chi connectivity index (χ1n) is 3.36. The van der Waals surface area contributed by atoms with Crippen LogP contribution in [-0.4, -0.2) is 0 Å². The standard InChI is InChI=1S/C9H15/c1-5-7-9(6-2)8(3)4/h5,7H,3,6H2,1-2,4H3. The third-order valence-electron chi connectivity index (χ3n) is 1.30. The summed E-state index contributed by atoms with van der Waals surface area (Å²) in [5.74, 6) is 1.34. The van der Waals surface area contributed by atoms with Crippen molar-refractivity contribution >= 4 is 0 Å². The molecular weight excluding hydrogens is 108 g/mol. The van der Waals surface area contributed by atoms with E-state index < -0.39 is 0 Å². The Balaban J connectivity index is 3.83. The summed E-state index contributed by atoms with van der Waals surface area (Å²) in [5.41, 5.74) is 1.18. The average molecular weight is 123 g/mol. The van der Waals surface area contributed by atoms with Crippen molar-refractivity contribution in [3.63, 3.8) is 0 Å². The molecule has 0 aliphatic rings. The lowest BCUT2D eigenvalue weighted by Crippen LogP contribution is -1.90. The van der Waals surface area contributed by atoms with Crippen LogP contribution in [0.4, 0.5) is 0 Å². The smallest absolute Gasteiger partial charge is 0.0211 e. The van der Waals surface area contributed by atoms with Crippen molar-refractivity contribution in [2.75, 3.05) is 0 Å². The minimum absolute atomic E-state index is 1.08. The first-order valence-corrected chi connectivity index (χ1v) is 3.36. The van der Waals surface area contributed by atoms with Crippen molar-refractivity contribution in [1.82, 2.24) is 0 Å². The van der Waals surface area contributed by atoms with E-state index in [4.69, 9.17) is 0 Å². The summed E-state index contributed by atoms with van der Waals surface area (Å²) >= 11 is 0. The van der Waals surface area contributed by atoms with E-state index in [0.29, 0.717) is 0 Å². The van der Waals surface area contributed by atoms with Crippen LogP contribution in [0.15, 0.2) is 24.3 Å². The first kappa shape index (κ1) is 8.48. The molecule has 0 aromatic carbocycles. The van der Waals surface area contributed by atoms with Crippen LogP contribution in [-0.2, 0) is 0 Å². The van der Waals surface area contributed by atoms with Gasteiger partial charge >= 0.3 is 0 Å². The molecule has 51 valence electrons. The summed E-state index contributed by atoms with van der Waals surface area (Å²) in [6, 6.07) is 0. The molecule has 0 nitrogen and oxygen atoms in total. The molecule has 1 radical (unpaired) electrons. The van der Waals surface area contributed by atoms with Crippen LogP contribution < -0.4 is 0 Å². The van der Waals surface area contributed by atoms with Crippen LogP contribution >= 0.6 is 0 Å². The molecular formula is C9H15. The maximum Gasteiger partial charge on any atom is 0.0211 e. The molecule has 0 heterocycles. The normalized spacial score (nSPS) is 11.1. The fourth-order valence-corrected chi connectivity index (χ4v) is 0.763. The number of hydrogen-bond acceptors (Lipinski definition) is 0. The highest BCUT2D eigenvalue weighted by atomic mass is 14.0. The molecule has 0 saturated heterocycles. The van der Waals surface area contributed by atoms with Crippen LogP contribution in [0.5, 0.6) is 0 Å². The number of allylic oxidation sites excluding steroid dienone is 3. The van der Waals surface area contributed by atoms with Crippen molar-refractivity contribution in [2.45, 2.75) is 27.2 Å². The summed E-state index contributed by atoms with van der Waals surface area (Å²) in [6.07, 6.45) is 5.25. The fraction of sp³-hybridized carbons (Fsp3) is 0.444. The zero-order valence-electron chi connectivity index (χ0n) is 6.57. The van der Waals surface area contributed by atoms with Crippen LogP contribution in [0.3, 0.4) is 0 Å². The van der Waals surface area contributed by atoms with Gasteiger partial charge in [-0.15, -0.1) is 0 Å². The highest BCUT2D eigenvalue weighted by Gasteiger charge is 1.99. The van der Waals surface area contributed by atoms with Gasteiger partial charge in [-0.25, -0.2) is 0 Å². The van der Waals surface area contributed by atoms with Gasteiger partial charge in [0, 0.05) is 5.92 Å². The first-order chi connectivity index (χ1) is 4.22. The summed E-state index contributed by atoms with van der Waals surface area (Å²) in [4.78, 5) is 0. The van der Waals surface area contributed by atoms with Gasteiger partial charge in [0.05, 0.1) is 0 Å². The van der Waals surface area contributed by atoms with Gasteiger partial charge < -0.3 is 0 Å². The molecule has 0 amide bonds. The summed E-state index contributed by atoms with van der Waals surface area (Å²) in [7, 11) is 0. The highest BCUT2D eigenvalue weighted by molar-refractivity contribution is 5.27. The van der Waals surface area contributed by atoms with Gasteiger partial charge in [-0.1, -0.05) is 31.2 Å². The molecule has 0 N–H and O–H groups in total. The lowest BCUT2D eigenvalue weighted by atomic mass is 9.99. The minimum atomic E-state index is 1.08. The molecule has 0 spiro atoms. The minimum Gasteiger partial charge on any atom is -0.0992 e. The third kappa shape index (κ3) is 3.12. The monoisotopic (exact) mass is 123 g/mol. The van der Waals surface area contributed by atoms with Crippen LogP contribution in [0, 0.1) is 5.92 Å². The van der Waals surface area contributed by atoms with E-state index in [1.54, 1.807) is 0 Å². The van der Waals surface area contributed by atoms with E-state index in [0.717, 1.165) is 6.42 Å². The van der Waals surface area contributed by atoms with Crippen molar-refractivity contribution < 1.29 is 0 Å². The topological polar surface area (TPSA) is 0 Å². The maximum atomic E-state index is 3.86. The molecule has 0 rings (SSSR count). The van der Waals surface area contributed by atoms with Crippen molar-refractivity contribution in [3.05, 3.63) is 30.2 Å². The molecule has 0 aromatic rings. The molecule has 0 unspecified atom stereocenters. The number of rotatable bonds is 3. The second-order valence-corrected chi connectivity index (χ2v) is 2.16. The van der Waals surface area contributed by atoms with Crippen LogP contribution in [0.2, 0.25) is 0 Å². The van der Waals surface area contributed by atoms with E-state index >= 15 is 0 Å². The van der Waals surface area contributed by atoms with Gasteiger partial charge in [-0.3, -0.25) is 0 Å². The van der Waals surface area contributed by atoms with Crippen molar-refractivity contribution in [1.29, 1.82) is 0 Å². The Morgan fingerprint density at radius 2 is 2.11 bits per heavy atom. The Morgan fingerprint density at radius 1 is 1.56 bits per heavy atom. The molecule has 0 aromatic heterocycles. The lowest BCUT2D eigenvalue weighted by Gasteiger charge is -2.06. The molecule has 0 fully saturated rings. The van der Waals surface area contributed by atoms with E-state index in [1.165, 1.54) is 11.5 Å². The highest BCUT2D eigenvalue weighted by Crippen LogP contribution is 2.15. The van der Waals surface area contributed by atoms with Crippen LogP contribution in [0.25, 0.3) is 0 Å². The molecule has 0 aliphatic heterocycles. The second-order valence-electron chi connectivity index (χ2n) is 2.16. The maximum absolute atomic E-state index is 3.86.